The second-order valence-electron chi connectivity index (χ2n) is 8.00. The predicted molar refractivity (Wildman–Crippen MR) is 129 cm³/mol. The minimum Gasteiger partial charge on any atom is -0.662 e. The van der Waals surface area contributed by atoms with Crippen molar-refractivity contribution in [2.24, 2.45) is 0 Å². The molecular weight excluding hydrogens is 624 g/mol. The first-order valence-electron chi connectivity index (χ1n) is 10.9. The molecule has 1 aromatic heterocycles. The van der Waals surface area contributed by atoms with Gasteiger partial charge in [-0.05, 0) is 67.5 Å². The summed E-state index contributed by atoms with van der Waals surface area (Å²) in [7, 11) is 1.67. The van der Waals surface area contributed by atoms with Crippen molar-refractivity contribution in [3.63, 3.8) is 0 Å². The molecule has 4 rings (SSSR count). The largest absolute Gasteiger partial charge is 0.662 e. The number of hydrogen-bond donors (Lipinski definition) is 2. The average molecular weight is 652 g/mol. The van der Waals surface area contributed by atoms with E-state index in [1.165, 1.54) is 36.9 Å². The van der Waals surface area contributed by atoms with E-state index in [9.17, 15) is 13.6 Å². The predicted octanol–water partition coefficient (Wildman–Crippen LogP) is 5.13. The molecule has 0 aliphatic heterocycles. The second kappa shape index (κ2) is 13.3. The van der Waals surface area contributed by atoms with E-state index in [0.29, 0.717) is 48.0 Å². The van der Waals surface area contributed by atoms with Crippen LogP contribution in [0.2, 0.25) is 0 Å². The Morgan fingerprint density at radius 3 is 2.57 bits per heavy atom. The number of aryl methyl sites for hydroxylation is 1. The number of anilines is 2. The van der Waals surface area contributed by atoms with Gasteiger partial charge in [0.1, 0.15) is 23.7 Å². The number of carbonyl (C=O) groups excluding carboxylic acids is 1. The van der Waals surface area contributed by atoms with Crippen LogP contribution in [0.1, 0.15) is 35.4 Å². The van der Waals surface area contributed by atoms with Gasteiger partial charge in [0.25, 0.3) is 0 Å². The van der Waals surface area contributed by atoms with Gasteiger partial charge in [-0.3, -0.25) is 4.79 Å². The number of hydrogen-bond acceptors (Lipinski definition) is 5. The number of nitrogens with zero attached hydrogens (tertiary/aromatic N) is 3. The van der Waals surface area contributed by atoms with Crippen LogP contribution in [0.5, 0.6) is 5.75 Å². The van der Waals surface area contributed by atoms with E-state index in [4.69, 9.17) is 10.5 Å². The Labute approximate surface area is 218 Å². The number of ether oxygens (including phenoxy) is 1. The molecule has 3 aromatic rings. The summed E-state index contributed by atoms with van der Waals surface area (Å²) in [6.07, 6.45) is 4.24. The smallest absolute Gasteiger partial charge is 0.211 e. The van der Waals surface area contributed by atoms with Crippen molar-refractivity contribution in [1.82, 2.24) is 9.97 Å². The molecule has 1 aliphatic rings. The molecule has 1 amide bonds. The van der Waals surface area contributed by atoms with Gasteiger partial charge >= 0.3 is 0 Å². The molecule has 10 heteroatoms. The van der Waals surface area contributed by atoms with Crippen LogP contribution in [0.3, 0.4) is 0 Å². The Kier molecular flexibility index (Phi) is 10.7. The van der Waals surface area contributed by atoms with Gasteiger partial charge < -0.3 is 21.1 Å². The first-order chi connectivity index (χ1) is 16.3. The number of benzene rings is 2. The third-order valence-corrected chi connectivity index (χ3v) is 5.48. The summed E-state index contributed by atoms with van der Waals surface area (Å²) in [6.45, 7) is 4.32. The van der Waals surface area contributed by atoms with Crippen LogP contribution in [-0.4, -0.2) is 36.6 Å². The van der Waals surface area contributed by atoms with Crippen molar-refractivity contribution in [2.75, 3.05) is 31.2 Å². The van der Waals surface area contributed by atoms with Crippen LogP contribution >= 0.6 is 0 Å². The van der Waals surface area contributed by atoms with Gasteiger partial charge in [0.2, 0.25) is 6.41 Å². The summed E-state index contributed by atoms with van der Waals surface area (Å²) < 4.78 is 32.4. The molecule has 1 saturated carbocycles. The molecule has 1 heterocycles. The molecule has 1 fully saturated rings. The Morgan fingerprint density at radius 2 is 1.94 bits per heavy atom. The van der Waals surface area contributed by atoms with E-state index in [0.717, 1.165) is 5.56 Å². The van der Waals surface area contributed by atoms with Gasteiger partial charge in [-0.25, -0.2) is 18.7 Å². The SMILES string of the molecule is C[N-]CCOc1c(N)ncnc1-c1cc(F)cc(NC=O)c1C.Cc1ccc(C2CC2)cc1F.[W]. The normalized spacial score (nSPS) is 12.1. The molecule has 0 spiro atoms. The van der Waals surface area contributed by atoms with E-state index >= 15 is 0 Å². The minimum atomic E-state index is -0.512. The van der Waals surface area contributed by atoms with Gasteiger partial charge in [-0.15, -0.1) is 6.54 Å². The number of nitrogens with two attached hydrogens (primary N) is 1. The van der Waals surface area contributed by atoms with Gasteiger partial charge in [-0.1, -0.05) is 12.1 Å². The van der Waals surface area contributed by atoms with E-state index in [1.807, 2.05) is 12.1 Å². The summed E-state index contributed by atoms with van der Waals surface area (Å²) in [5.41, 5.74) is 9.59. The van der Waals surface area contributed by atoms with E-state index in [-0.39, 0.29) is 38.4 Å². The molecule has 2 aromatic carbocycles. The molecular formula is C25H28F2N5O2W-. The number of rotatable bonds is 8. The summed E-state index contributed by atoms with van der Waals surface area (Å²) in [4.78, 5) is 18.7. The molecule has 186 valence electrons. The van der Waals surface area contributed by atoms with Gasteiger partial charge in [0.15, 0.2) is 11.6 Å². The quantitative estimate of drug-likeness (QED) is 0.260. The molecule has 0 atom stereocenters. The van der Waals surface area contributed by atoms with Crippen LogP contribution in [0.25, 0.3) is 16.6 Å². The zero-order valence-electron chi connectivity index (χ0n) is 19.8. The standard InChI is InChI=1S/C15H17FN5O2.C10H11F.W/c1-9-11(5-10(16)6-12(9)21-8-22)13-14(23-4-3-18-2)15(17)20-7-19-13;1-7-2-3-9(6-10(7)11)8-4-5-8;/h5-8H,3-4H2,1-2H3,(H,21,22)(H2,17,19,20);2-3,6,8H,4-5H2,1H3;/q-1;;. The van der Waals surface area contributed by atoms with Crippen molar-refractivity contribution in [3.8, 4) is 17.0 Å². The maximum absolute atomic E-state index is 13.9. The number of aromatic nitrogens is 2. The summed E-state index contributed by atoms with van der Waals surface area (Å²) in [6, 6.07) is 8.12. The van der Waals surface area contributed by atoms with Crippen LogP contribution in [-0.2, 0) is 25.9 Å². The Hall–Kier alpha value is -2.90. The van der Waals surface area contributed by atoms with Crippen LogP contribution < -0.4 is 15.8 Å². The summed E-state index contributed by atoms with van der Waals surface area (Å²) in [5.74, 6) is 0.503. The molecule has 7 nitrogen and oxygen atoms in total. The third kappa shape index (κ3) is 7.54. The Morgan fingerprint density at radius 1 is 1.20 bits per heavy atom. The number of likely N-dealkylation sites (N-methyl/N-ethyl adjacent to an activating group) is 1. The van der Waals surface area contributed by atoms with E-state index < -0.39 is 5.82 Å². The van der Waals surface area contributed by atoms with Crippen molar-refractivity contribution >= 4 is 17.9 Å². The first kappa shape index (κ1) is 28.3. The van der Waals surface area contributed by atoms with E-state index in [2.05, 4.69) is 20.6 Å². The van der Waals surface area contributed by atoms with Crippen LogP contribution in [0.4, 0.5) is 20.3 Å². The fourth-order valence-electron chi connectivity index (χ4n) is 3.38. The second-order valence-corrected chi connectivity index (χ2v) is 8.00. The molecule has 1 aliphatic carbocycles. The van der Waals surface area contributed by atoms with Crippen LogP contribution in [0.15, 0.2) is 36.7 Å². The minimum absolute atomic E-state index is 0. The number of carbonyl (C=O) groups is 1. The monoisotopic (exact) mass is 652 g/mol. The van der Waals surface area contributed by atoms with Gasteiger partial charge in [-0.2, -0.15) is 7.05 Å². The number of halogens is 2. The Balaban J connectivity index is 0.000000300. The van der Waals surface area contributed by atoms with E-state index in [1.54, 1.807) is 27.0 Å². The fraction of sp³-hybridized carbons (Fsp3) is 0.320. The molecule has 0 unspecified atom stereocenters. The molecule has 35 heavy (non-hydrogen) atoms. The summed E-state index contributed by atoms with van der Waals surface area (Å²) in [5, 5.41) is 6.40. The van der Waals surface area contributed by atoms with Crippen LogP contribution in [0, 0.1) is 25.5 Å². The Bertz CT molecular complexity index is 1160. The number of nitrogens with one attached hydrogen (secondary N) is 1. The van der Waals surface area contributed by atoms with Crippen molar-refractivity contribution in [2.45, 2.75) is 32.6 Å². The number of amides is 1. The first-order valence-corrected chi connectivity index (χ1v) is 10.9. The zero-order valence-corrected chi connectivity index (χ0v) is 22.8. The fourth-order valence-corrected chi connectivity index (χ4v) is 3.38. The molecule has 0 radical (unpaired) electrons. The topological polar surface area (TPSA) is 104 Å². The van der Waals surface area contributed by atoms with Crippen molar-refractivity contribution in [1.29, 1.82) is 0 Å². The van der Waals surface area contributed by atoms with Crippen molar-refractivity contribution in [3.05, 3.63) is 70.3 Å². The molecule has 0 bridgehead atoms. The molecule has 3 N–H and O–H groups in total. The molecule has 0 saturated heterocycles. The van der Waals surface area contributed by atoms with Crippen molar-refractivity contribution < 1.29 is 39.4 Å². The summed E-state index contributed by atoms with van der Waals surface area (Å²) >= 11 is 0. The maximum Gasteiger partial charge on any atom is 0.211 e. The number of nitrogen functional groups attached to an aromatic ring is 1. The maximum atomic E-state index is 13.9. The van der Waals surface area contributed by atoms with Gasteiger partial charge in [0.05, 0.1) is 6.61 Å². The van der Waals surface area contributed by atoms with Gasteiger partial charge in [0, 0.05) is 32.3 Å². The third-order valence-electron chi connectivity index (χ3n) is 5.48. The average Bonchev–Trinajstić information content (AvgIpc) is 3.65. The zero-order chi connectivity index (χ0) is 24.7.